The van der Waals surface area contributed by atoms with Gasteiger partial charge in [-0.3, -0.25) is 0 Å². The Morgan fingerprint density at radius 3 is 1.71 bits per heavy atom. The minimum atomic E-state index is -6.46. The number of ether oxygens (including phenoxy) is 3. The third kappa shape index (κ3) is 3.92. The normalized spacial score (nSPS) is 16.1. The number of methoxy groups -OCH3 is 1. The Hall–Kier alpha value is -1.66. The zero-order valence-corrected chi connectivity index (χ0v) is 9.74. The Kier molecular flexibility index (Phi) is 5.17. The van der Waals surface area contributed by atoms with Crippen LogP contribution in [0, 0.1) is 0 Å². The number of esters is 1. The van der Waals surface area contributed by atoms with Gasteiger partial charge < -0.3 is 9.47 Å². The molecule has 0 aromatic carbocycles. The molecule has 0 heterocycles. The lowest BCUT2D eigenvalue weighted by molar-refractivity contribution is -0.495. The summed E-state index contributed by atoms with van der Waals surface area (Å²) in [7, 11) is 0.136. The summed E-state index contributed by atoms with van der Waals surface area (Å²) < 4.78 is 121. The minimum Gasteiger partial charge on any atom is -0.464 e. The fourth-order valence-corrected chi connectivity index (χ4v) is 0.930. The van der Waals surface area contributed by atoms with Crippen LogP contribution in [0.2, 0.25) is 0 Å². The van der Waals surface area contributed by atoms with Crippen LogP contribution in [-0.4, -0.2) is 37.3 Å². The van der Waals surface area contributed by atoms with Gasteiger partial charge in [-0.05, 0) is 6.58 Å². The van der Waals surface area contributed by atoms with Gasteiger partial charge in [-0.15, -0.1) is 13.2 Å². The van der Waals surface area contributed by atoms with Crippen LogP contribution in [0.25, 0.3) is 0 Å². The van der Waals surface area contributed by atoms with Gasteiger partial charge in [0.15, 0.2) is 0 Å². The highest BCUT2D eigenvalue weighted by atomic mass is 19.4. The smallest absolute Gasteiger partial charge is 0.464 e. The van der Waals surface area contributed by atoms with E-state index in [1.807, 2.05) is 11.3 Å². The number of carbonyl (C=O) groups excluding carboxylic acids is 1. The molecule has 0 spiro atoms. The first-order valence-electron chi connectivity index (χ1n) is 4.44. The first kappa shape index (κ1) is 19.3. The predicted octanol–water partition coefficient (Wildman–Crippen LogP) is 3.05. The van der Waals surface area contributed by atoms with Crippen molar-refractivity contribution in [2.75, 3.05) is 7.11 Å². The number of hydrogen-bond acceptors (Lipinski definition) is 4. The third-order valence-electron chi connectivity index (χ3n) is 1.72. The molecular weight excluding hydrogens is 331 g/mol. The summed E-state index contributed by atoms with van der Waals surface area (Å²) in [5.41, 5.74) is 0. The molecule has 0 saturated heterocycles. The maximum absolute atomic E-state index is 13.6. The van der Waals surface area contributed by atoms with Crippen LogP contribution in [0.3, 0.4) is 0 Å². The van der Waals surface area contributed by atoms with Gasteiger partial charge in [0, 0.05) is 0 Å². The fourth-order valence-electron chi connectivity index (χ4n) is 0.930. The summed E-state index contributed by atoms with van der Waals surface area (Å²) in [5, 5.41) is 0. The minimum absolute atomic E-state index is 0.136. The second kappa shape index (κ2) is 5.61. The molecule has 1 atom stereocenters. The highest BCUT2D eigenvalue weighted by Gasteiger charge is 2.81. The molecule has 0 radical (unpaired) electrons. The lowest BCUT2D eigenvalue weighted by Gasteiger charge is -2.35. The Labute approximate surface area is 110 Å². The maximum atomic E-state index is 13.6. The standard InChI is InChI=1S/C8H5F9O4/c1-3(9)20-7(13,14)6(12,21-8(15,16)17)5(10,11)4(18)19-2/h1H2,2H3. The van der Waals surface area contributed by atoms with E-state index in [0.717, 1.165) is 0 Å². The largest absolute Gasteiger partial charge is 0.525 e. The molecule has 0 amide bonds. The molecule has 0 aromatic heterocycles. The molecule has 1 unspecified atom stereocenters. The van der Waals surface area contributed by atoms with Crippen LogP contribution in [0.15, 0.2) is 12.6 Å². The Balaban J connectivity index is 6.02. The van der Waals surface area contributed by atoms with E-state index in [1.54, 1.807) is 0 Å². The number of alkyl halides is 8. The van der Waals surface area contributed by atoms with Crippen molar-refractivity contribution < 1.29 is 58.5 Å². The van der Waals surface area contributed by atoms with Gasteiger partial charge in [-0.25, -0.2) is 9.53 Å². The van der Waals surface area contributed by atoms with Crippen molar-refractivity contribution in [3.05, 3.63) is 12.6 Å². The van der Waals surface area contributed by atoms with Crippen LogP contribution < -0.4 is 0 Å². The van der Waals surface area contributed by atoms with Crippen molar-refractivity contribution in [1.29, 1.82) is 0 Å². The lowest BCUT2D eigenvalue weighted by atomic mass is 10.1. The van der Waals surface area contributed by atoms with Crippen molar-refractivity contribution in [3.8, 4) is 0 Å². The third-order valence-corrected chi connectivity index (χ3v) is 1.72. The number of carbonyl (C=O) groups is 1. The van der Waals surface area contributed by atoms with E-state index in [1.165, 1.54) is 0 Å². The van der Waals surface area contributed by atoms with Gasteiger partial charge in [0.1, 0.15) is 0 Å². The number of halogens is 9. The molecular formula is C8H5F9O4. The Morgan fingerprint density at radius 1 is 1.00 bits per heavy atom. The summed E-state index contributed by atoms with van der Waals surface area (Å²) in [6.07, 6.45) is -12.7. The molecule has 0 N–H and O–H groups in total. The van der Waals surface area contributed by atoms with E-state index >= 15 is 0 Å². The molecule has 0 aliphatic heterocycles. The van der Waals surface area contributed by atoms with Gasteiger partial charge in [-0.2, -0.15) is 26.3 Å². The van der Waals surface area contributed by atoms with Crippen LogP contribution in [0.4, 0.5) is 39.5 Å². The van der Waals surface area contributed by atoms with E-state index in [-0.39, 0.29) is 7.11 Å². The summed E-state index contributed by atoms with van der Waals surface area (Å²) in [6, 6.07) is -2.62. The topological polar surface area (TPSA) is 44.8 Å². The molecule has 0 fully saturated rings. The molecule has 0 aliphatic carbocycles. The van der Waals surface area contributed by atoms with Crippen LogP contribution in [0.5, 0.6) is 0 Å². The summed E-state index contributed by atoms with van der Waals surface area (Å²) in [6.45, 7) is 1.96. The predicted molar refractivity (Wildman–Crippen MR) is 44.2 cm³/mol. The summed E-state index contributed by atoms with van der Waals surface area (Å²) in [5.74, 6) is -15.8. The first-order chi connectivity index (χ1) is 9.10. The Morgan fingerprint density at radius 2 is 1.43 bits per heavy atom. The zero-order valence-electron chi connectivity index (χ0n) is 9.74. The van der Waals surface area contributed by atoms with Gasteiger partial charge >= 0.3 is 30.2 Å². The van der Waals surface area contributed by atoms with E-state index < -0.39 is 36.2 Å². The van der Waals surface area contributed by atoms with E-state index in [4.69, 9.17) is 0 Å². The zero-order chi connectivity index (χ0) is 17.3. The van der Waals surface area contributed by atoms with Gasteiger partial charge in [0.2, 0.25) is 0 Å². The molecule has 0 saturated carbocycles. The molecule has 0 rings (SSSR count). The van der Waals surface area contributed by atoms with Crippen LogP contribution in [-0.2, 0) is 19.0 Å². The lowest BCUT2D eigenvalue weighted by Crippen LogP contribution is -2.64. The highest BCUT2D eigenvalue weighted by Crippen LogP contribution is 2.50. The molecule has 124 valence electrons. The SMILES string of the molecule is C=C(F)OC(F)(F)C(F)(OC(F)(F)F)C(F)(F)C(=O)OC. The van der Waals surface area contributed by atoms with Crippen LogP contribution >= 0.6 is 0 Å². The fraction of sp³-hybridized carbons (Fsp3) is 0.625. The van der Waals surface area contributed by atoms with E-state index in [9.17, 15) is 44.3 Å². The maximum Gasteiger partial charge on any atom is 0.525 e. The number of hydrogen-bond donors (Lipinski definition) is 0. The summed E-state index contributed by atoms with van der Waals surface area (Å²) in [4.78, 5) is 10.5. The monoisotopic (exact) mass is 336 g/mol. The molecule has 21 heavy (non-hydrogen) atoms. The molecule has 0 bridgehead atoms. The quantitative estimate of drug-likeness (QED) is 0.425. The van der Waals surface area contributed by atoms with Crippen molar-refractivity contribution in [1.82, 2.24) is 0 Å². The average molecular weight is 336 g/mol. The Bertz CT molecular complexity index is 418. The van der Waals surface area contributed by atoms with Crippen molar-refractivity contribution in [2.24, 2.45) is 0 Å². The second-order valence-electron chi connectivity index (χ2n) is 3.18. The van der Waals surface area contributed by atoms with Gasteiger partial charge in [0.25, 0.3) is 6.01 Å². The van der Waals surface area contributed by atoms with Crippen LogP contribution in [0.1, 0.15) is 0 Å². The molecule has 13 heteroatoms. The van der Waals surface area contributed by atoms with E-state index in [2.05, 4.69) is 9.47 Å². The van der Waals surface area contributed by atoms with Crippen molar-refractivity contribution in [2.45, 2.75) is 24.2 Å². The van der Waals surface area contributed by atoms with Crippen molar-refractivity contribution >= 4 is 5.97 Å². The average Bonchev–Trinajstić information content (AvgIpc) is 2.23. The highest BCUT2D eigenvalue weighted by molar-refractivity contribution is 5.79. The molecule has 0 aliphatic rings. The van der Waals surface area contributed by atoms with E-state index in [0.29, 0.717) is 0 Å². The first-order valence-corrected chi connectivity index (χ1v) is 4.44. The van der Waals surface area contributed by atoms with Gasteiger partial charge in [0.05, 0.1) is 7.11 Å². The molecule has 4 nitrogen and oxygen atoms in total. The summed E-state index contributed by atoms with van der Waals surface area (Å²) >= 11 is 0. The van der Waals surface area contributed by atoms with Crippen molar-refractivity contribution in [3.63, 3.8) is 0 Å². The second-order valence-corrected chi connectivity index (χ2v) is 3.18. The van der Waals surface area contributed by atoms with Gasteiger partial charge in [-0.1, -0.05) is 0 Å². The number of rotatable bonds is 6. The molecule has 0 aromatic rings.